The molecule has 156 valence electrons. The summed E-state index contributed by atoms with van der Waals surface area (Å²) >= 11 is 5.82. The van der Waals surface area contributed by atoms with E-state index in [9.17, 15) is 18.0 Å². The molecule has 0 unspecified atom stereocenters. The minimum atomic E-state index is -3.72. The van der Waals surface area contributed by atoms with Crippen molar-refractivity contribution in [2.45, 2.75) is 24.3 Å². The van der Waals surface area contributed by atoms with Gasteiger partial charge in [-0.05, 0) is 31.2 Å². The fourth-order valence-corrected chi connectivity index (χ4v) is 4.21. The first kappa shape index (κ1) is 21.4. The van der Waals surface area contributed by atoms with Crippen LogP contribution in [-0.2, 0) is 21.9 Å². The van der Waals surface area contributed by atoms with E-state index >= 15 is 0 Å². The number of pyridine rings is 1. The molecule has 1 aliphatic heterocycles. The van der Waals surface area contributed by atoms with Crippen LogP contribution in [0, 0.1) is 6.92 Å². The number of ether oxygens (including phenoxy) is 1. The maximum atomic E-state index is 12.2. The quantitative estimate of drug-likeness (QED) is 0.701. The van der Waals surface area contributed by atoms with Crippen molar-refractivity contribution in [3.63, 3.8) is 0 Å². The third kappa shape index (κ3) is 5.17. The van der Waals surface area contributed by atoms with Gasteiger partial charge < -0.3 is 14.2 Å². The Morgan fingerprint density at radius 1 is 1.28 bits per heavy atom. The van der Waals surface area contributed by atoms with Gasteiger partial charge in [-0.15, -0.1) is 0 Å². The Bertz CT molecular complexity index is 1080. The molecule has 8 nitrogen and oxygen atoms in total. The molecule has 1 saturated heterocycles. The van der Waals surface area contributed by atoms with Gasteiger partial charge in [0.1, 0.15) is 11.9 Å². The maximum Gasteiger partial charge on any atom is 0.254 e. The van der Waals surface area contributed by atoms with E-state index in [1.807, 2.05) is 6.92 Å². The predicted molar refractivity (Wildman–Crippen MR) is 109 cm³/mol. The highest BCUT2D eigenvalue weighted by molar-refractivity contribution is 7.89. The number of hydrogen-bond acceptors (Lipinski definition) is 5. The van der Waals surface area contributed by atoms with Gasteiger partial charge >= 0.3 is 0 Å². The molecule has 29 heavy (non-hydrogen) atoms. The number of nitrogens with zero attached hydrogens (tertiary/aromatic N) is 2. The number of halogens is 1. The standard InChI is InChI=1S/C19H22ClN3O5S/c1-13-8-15(10-19(25)22(13)2)28-16-11-23(12-16)18(24)6-7-21-29(26,27)17-5-3-4-14(20)9-17/h3-5,8-10,16,21H,6-7,11-12H2,1-2H3. The highest BCUT2D eigenvalue weighted by atomic mass is 35.5. The normalized spacial score (nSPS) is 14.5. The lowest BCUT2D eigenvalue weighted by atomic mass is 10.1. The van der Waals surface area contributed by atoms with E-state index in [1.165, 1.54) is 22.8 Å². The van der Waals surface area contributed by atoms with Crippen LogP contribution in [0.3, 0.4) is 0 Å². The summed E-state index contributed by atoms with van der Waals surface area (Å²) in [6.45, 7) is 2.60. The van der Waals surface area contributed by atoms with Gasteiger partial charge in [0.2, 0.25) is 15.9 Å². The number of rotatable bonds is 7. The molecule has 1 aliphatic rings. The van der Waals surface area contributed by atoms with E-state index in [-0.39, 0.29) is 35.4 Å². The first-order chi connectivity index (χ1) is 13.7. The topological polar surface area (TPSA) is 97.7 Å². The smallest absolute Gasteiger partial charge is 0.254 e. The third-order valence-corrected chi connectivity index (χ3v) is 6.41. The number of amides is 1. The van der Waals surface area contributed by atoms with Gasteiger partial charge in [0.05, 0.1) is 18.0 Å². The Labute approximate surface area is 174 Å². The summed E-state index contributed by atoms with van der Waals surface area (Å²) in [5.41, 5.74) is 0.631. The van der Waals surface area contributed by atoms with Gasteiger partial charge in [-0.25, -0.2) is 13.1 Å². The fraction of sp³-hybridized carbons (Fsp3) is 0.368. The van der Waals surface area contributed by atoms with Crippen molar-refractivity contribution in [2.75, 3.05) is 19.6 Å². The lowest BCUT2D eigenvalue weighted by Crippen LogP contribution is -2.56. The molecule has 0 aliphatic carbocycles. The molecule has 2 aromatic rings. The molecule has 1 amide bonds. The van der Waals surface area contributed by atoms with Crippen molar-refractivity contribution < 1.29 is 17.9 Å². The van der Waals surface area contributed by atoms with Gasteiger partial charge in [-0.2, -0.15) is 0 Å². The molecule has 2 heterocycles. The second-order valence-electron chi connectivity index (χ2n) is 6.87. The number of benzene rings is 1. The van der Waals surface area contributed by atoms with Crippen LogP contribution >= 0.6 is 11.6 Å². The van der Waals surface area contributed by atoms with Crippen LogP contribution < -0.4 is 15.0 Å². The van der Waals surface area contributed by atoms with Crippen molar-refractivity contribution in [3.05, 3.63) is 57.5 Å². The number of aromatic nitrogens is 1. The number of likely N-dealkylation sites (tertiary alicyclic amines) is 1. The summed E-state index contributed by atoms with van der Waals surface area (Å²) < 4.78 is 34.1. The Kier molecular flexibility index (Phi) is 6.30. The predicted octanol–water partition coefficient (Wildman–Crippen LogP) is 1.31. The number of carbonyl (C=O) groups excluding carboxylic acids is 1. The second kappa shape index (κ2) is 8.56. The molecule has 0 bridgehead atoms. The SMILES string of the molecule is Cc1cc(OC2CN(C(=O)CCNS(=O)(=O)c3cccc(Cl)c3)C2)cc(=O)n1C. The lowest BCUT2D eigenvalue weighted by Gasteiger charge is -2.39. The summed E-state index contributed by atoms with van der Waals surface area (Å²) in [4.78, 5) is 25.7. The van der Waals surface area contributed by atoms with Gasteiger partial charge in [-0.3, -0.25) is 9.59 Å². The summed E-state index contributed by atoms with van der Waals surface area (Å²) in [5.74, 6) is 0.316. The highest BCUT2D eigenvalue weighted by Gasteiger charge is 2.32. The first-order valence-electron chi connectivity index (χ1n) is 9.03. The molecule has 0 spiro atoms. The van der Waals surface area contributed by atoms with E-state index < -0.39 is 10.0 Å². The maximum absolute atomic E-state index is 12.2. The fourth-order valence-electron chi connectivity index (χ4n) is 2.88. The molecular weight excluding hydrogens is 418 g/mol. The Balaban J connectivity index is 1.45. The summed E-state index contributed by atoms with van der Waals surface area (Å²) in [6, 6.07) is 9.11. The Morgan fingerprint density at radius 2 is 2.00 bits per heavy atom. The Hall–Kier alpha value is -2.36. The number of sulfonamides is 1. The summed E-state index contributed by atoms with van der Waals surface area (Å²) in [6.07, 6.45) is -0.147. The molecule has 1 fully saturated rings. The van der Waals surface area contributed by atoms with Gasteiger partial charge in [0.15, 0.2) is 0 Å². The molecule has 3 rings (SSSR count). The number of nitrogens with one attached hydrogen (secondary N) is 1. The van der Waals surface area contributed by atoms with Crippen molar-refractivity contribution in [2.24, 2.45) is 7.05 Å². The van der Waals surface area contributed by atoms with Crippen LogP contribution in [0.5, 0.6) is 5.75 Å². The molecule has 0 radical (unpaired) electrons. The van der Waals surface area contributed by atoms with E-state index in [4.69, 9.17) is 16.3 Å². The average Bonchev–Trinajstić information content (AvgIpc) is 2.62. The van der Waals surface area contributed by atoms with Crippen LogP contribution in [0.1, 0.15) is 12.1 Å². The lowest BCUT2D eigenvalue weighted by molar-refractivity contribution is -0.139. The largest absolute Gasteiger partial charge is 0.486 e. The zero-order valence-corrected chi connectivity index (χ0v) is 17.7. The van der Waals surface area contributed by atoms with Crippen LogP contribution in [-0.4, -0.2) is 49.5 Å². The van der Waals surface area contributed by atoms with E-state index in [1.54, 1.807) is 30.1 Å². The van der Waals surface area contributed by atoms with E-state index in [2.05, 4.69) is 4.72 Å². The molecule has 1 aromatic carbocycles. The van der Waals surface area contributed by atoms with Crippen molar-refractivity contribution >= 4 is 27.5 Å². The van der Waals surface area contributed by atoms with Crippen LogP contribution in [0.2, 0.25) is 5.02 Å². The van der Waals surface area contributed by atoms with Crippen molar-refractivity contribution in [1.29, 1.82) is 0 Å². The van der Waals surface area contributed by atoms with Crippen LogP contribution in [0.25, 0.3) is 0 Å². The van der Waals surface area contributed by atoms with Crippen LogP contribution in [0.15, 0.2) is 46.1 Å². The number of carbonyl (C=O) groups is 1. The molecule has 1 N–H and O–H groups in total. The molecular formula is C19H22ClN3O5S. The van der Waals surface area contributed by atoms with Crippen LogP contribution in [0.4, 0.5) is 0 Å². The van der Waals surface area contributed by atoms with Gasteiger partial charge in [0.25, 0.3) is 5.56 Å². The summed E-state index contributed by atoms with van der Waals surface area (Å²) in [7, 11) is -2.03. The minimum Gasteiger partial charge on any atom is -0.486 e. The van der Waals surface area contributed by atoms with Crippen molar-refractivity contribution in [1.82, 2.24) is 14.2 Å². The van der Waals surface area contributed by atoms with E-state index in [0.717, 1.165) is 5.69 Å². The monoisotopic (exact) mass is 439 g/mol. The second-order valence-corrected chi connectivity index (χ2v) is 9.08. The average molecular weight is 440 g/mol. The minimum absolute atomic E-state index is 0.0103. The van der Waals surface area contributed by atoms with E-state index in [0.29, 0.717) is 23.9 Å². The van der Waals surface area contributed by atoms with Gasteiger partial charge in [0, 0.05) is 36.8 Å². The Morgan fingerprint density at radius 3 is 2.66 bits per heavy atom. The number of hydrogen-bond donors (Lipinski definition) is 1. The number of aryl methyl sites for hydroxylation is 1. The van der Waals surface area contributed by atoms with Gasteiger partial charge in [-0.1, -0.05) is 17.7 Å². The molecule has 10 heteroatoms. The zero-order valence-electron chi connectivity index (χ0n) is 16.1. The summed E-state index contributed by atoms with van der Waals surface area (Å²) in [5, 5.41) is 0.321. The molecule has 1 aromatic heterocycles. The zero-order chi connectivity index (χ0) is 21.2. The molecule has 0 saturated carbocycles. The highest BCUT2D eigenvalue weighted by Crippen LogP contribution is 2.19. The van der Waals surface area contributed by atoms with Crippen molar-refractivity contribution in [3.8, 4) is 5.75 Å². The first-order valence-corrected chi connectivity index (χ1v) is 10.9. The molecule has 0 atom stereocenters. The third-order valence-electron chi connectivity index (χ3n) is 4.72.